The van der Waals surface area contributed by atoms with E-state index in [9.17, 15) is 36.3 Å². The van der Waals surface area contributed by atoms with E-state index in [4.69, 9.17) is 20.9 Å². The number of hydrogen-bond acceptors (Lipinski definition) is 6. The van der Waals surface area contributed by atoms with Gasteiger partial charge in [-0.2, -0.15) is 17.6 Å². The summed E-state index contributed by atoms with van der Waals surface area (Å²) < 4.78 is 81.8. The summed E-state index contributed by atoms with van der Waals surface area (Å²) in [6.07, 6.45) is -6.49. The number of ether oxygens (including phenoxy) is 2. The van der Waals surface area contributed by atoms with Gasteiger partial charge in [0, 0.05) is 29.2 Å². The first kappa shape index (κ1) is 27.0. The molecule has 4 rings (SSSR count). The average molecular weight is 540 g/mol. The van der Waals surface area contributed by atoms with E-state index in [-0.39, 0.29) is 22.2 Å². The van der Waals surface area contributed by atoms with E-state index in [0.29, 0.717) is 0 Å². The number of amides is 2. The highest BCUT2D eigenvalue weighted by Gasteiger charge is 2.65. The van der Waals surface area contributed by atoms with Crippen molar-refractivity contribution in [1.29, 1.82) is 0 Å². The molecule has 1 aliphatic rings. The van der Waals surface area contributed by atoms with Crippen LogP contribution in [-0.2, 0) is 4.74 Å². The molecule has 5 N–H and O–H groups in total. The average Bonchev–Trinajstić information content (AvgIpc) is 3.11. The predicted octanol–water partition coefficient (Wildman–Crippen LogP) is 3.22. The fourth-order valence-corrected chi connectivity index (χ4v) is 4.84. The second-order valence-electron chi connectivity index (χ2n) is 9.04. The number of carbonyl (C=O) groups is 2. The van der Waals surface area contributed by atoms with E-state index in [1.165, 1.54) is 6.92 Å². The van der Waals surface area contributed by atoms with Gasteiger partial charge in [0.25, 0.3) is 11.8 Å². The third-order valence-corrected chi connectivity index (χ3v) is 6.94. The Bertz CT molecular complexity index is 1540. The Morgan fingerprint density at radius 3 is 2.37 bits per heavy atom. The van der Waals surface area contributed by atoms with Crippen LogP contribution in [0.2, 0.25) is 0 Å². The highest BCUT2D eigenvalue weighted by atomic mass is 19.4. The van der Waals surface area contributed by atoms with Gasteiger partial charge in [-0.05, 0) is 19.1 Å². The maximum atomic E-state index is 14.6. The number of methoxy groups -OCH3 is 1. The van der Waals surface area contributed by atoms with Gasteiger partial charge in [-0.15, -0.1) is 0 Å². The summed E-state index contributed by atoms with van der Waals surface area (Å²) in [7, 11) is 1.03. The molecule has 0 unspecified atom stereocenters. The Balaban J connectivity index is 2.02. The summed E-state index contributed by atoms with van der Waals surface area (Å²) in [6.45, 7) is 2.02. The summed E-state index contributed by atoms with van der Waals surface area (Å²) in [5.41, 5.74) is 5.33. The minimum Gasteiger partial charge on any atom is -0.493 e. The molecule has 2 amide bonds. The van der Waals surface area contributed by atoms with Crippen LogP contribution < -0.4 is 21.6 Å². The molecule has 1 saturated heterocycles. The van der Waals surface area contributed by atoms with Gasteiger partial charge in [0.05, 0.1) is 18.0 Å². The molecule has 0 saturated carbocycles. The largest absolute Gasteiger partial charge is 0.493 e. The van der Waals surface area contributed by atoms with Gasteiger partial charge in [-0.3, -0.25) is 14.4 Å². The second-order valence-corrected chi connectivity index (χ2v) is 9.04. The lowest BCUT2D eigenvalue weighted by Crippen LogP contribution is -2.46. The first-order valence-corrected chi connectivity index (χ1v) is 11.1. The number of halogens is 5. The number of benzene rings is 1. The molecule has 1 aliphatic heterocycles. The van der Waals surface area contributed by atoms with Crippen LogP contribution in [0.25, 0.3) is 10.9 Å². The normalized spacial score (nSPS) is 23.5. The summed E-state index contributed by atoms with van der Waals surface area (Å²) in [5.74, 6) is -8.25. The zero-order valence-corrected chi connectivity index (χ0v) is 20.1. The van der Waals surface area contributed by atoms with Crippen LogP contribution in [0.5, 0.6) is 5.75 Å². The van der Waals surface area contributed by atoms with Gasteiger partial charge in [-0.25, -0.2) is 9.37 Å². The number of aromatic amines is 1. The number of alkyl halides is 3. The predicted molar refractivity (Wildman–Crippen MR) is 123 cm³/mol. The summed E-state index contributed by atoms with van der Waals surface area (Å²) in [4.78, 5) is 43.2. The van der Waals surface area contributed by atoms with Crippen molar-refractivity contribution < 1.29 is 41.0 Å². The number of fused-ring (bicyclic) bond motifs is 1. The van der Waals surface area contributed by atoms with Crippen LogP contribution >= 0.6 is 0 Å². The third kappa shape index (κ3) is 4.04. The third-order valence-electron chi connectivity index (χ3n) is 6.94. The van der Waals surface area contributed by atoms with Crippen molar-refractivity contribution in [1.82, 2.24) is 9.97 Å². The molecule has 9 nitrogen and oxygen atoms in total. The van der Waals surface area contributed by atoms with Gasteiger partial charge in [0.1, 0.15) is 17.5 Å². The number of H-pyrrole nitrogens is 1. The van der Waals surface area contributed by atoms with E-state index >= 15 is 0 Å². The molecular formula is C24H21F5N4O5. The Kier molecular flexibility index (Phi) is 6.42. The van der Waals surface area contributed by atoms with Gasteiger partial charge in [0.15, 0.2) is 22.6 Å². The van der Waals surface area contributed by atoms with Gasteiger partial charge in [-0.1, -0.05) is 13.0 Å². The minimum atomic E-state index is -4.91. The van der Waals surface area contributed by atoms with E-state index in [1.807, 2.05) is 0 Å². The number of primary amides is 2. The van der Waals surface area contributed by atoms with Crippen LogP contribution in [-0.4, -0.2) is 40.7 Å². The number of hydrogen-bond donors (Lipinski definition) is 3. The molecular weight excluding hydrogens is 519 g/mol. The molecule has 0 aliphatic carbocycles. The number of nitrogens with zero attached hydrogens (tertiary/aromatic N) is 1. The Hall–Kier alpha value is -4.07. The molecule has 3 aromatic rings. The van der Waals surface area contributed by atoms with Gasteiger partial charge < -0.3 is 25.9 Å². The fourth-order valence-electron chi connectivity index (χ4n) is 4.84. The first-order valence-electron chi connectivity index (χ1n) is 11.1. The number of nitrogens with one attached hydrogen (secondary N) is 1. The van der Waals surface area contributed by atoms with Crippen molar-refractivity contribution in [3.05, 3.63) is 68.8 Å². The zero-order chi connectivity index (χ0) is 28.3. The van der Waals surface area contributed by atoms with E-state index < -0.39 is 75.7 Å². The van der Waals surface area contributed by atoms with E-state index in [0.717, 1.165) is 38.3 Å². The summed E-state index contributed by atoms with van der Waals surface area (Å²) in [6, 6.07) is 3.74. The smallest absolute Gasteiger partial charge is 0.417 e. The van der Waals surface area contributed by atoms with Crippen molar-refractivity contribution in [3.63, 3.8) is 0 Å². The SMILES string of the molecule is COc1c([C@H]2[C@H](c3cc(=O)c4c(C(N)=O)nc(C(N)=O)cc4[nH]3)O[C@@](C)(C(F)(F)F)[C@H]2C)ccc(F)c1F. The highest BCUT2D eigenvalue weighted by Crippen LogP contribution is 2.59. The number of rotatable bonds is 5. The maximum absolute atomic E-state index is 14.6. The van der Waals surface area contributed by atoms with Crippen molar-refractivity contribution in [3.8, 4) is 5.75 Å². The molecule has 3 heterocycles. The van der Waals surface area contributed by atoms with E-state index in [2.05, 4.69) is 9.97 Å². The summed E-state index contributed by atoms with van der Waals surface area (Å²) in [5, 5.41) is -0.335. The lowest BCUT2D eigenvalue weighted by molar-refractivity contribution is -0.275. The van der Waals surface area contributed by atoms with Crippen molar-refractivity contribution in [2.75, 3.05) is 7.11 Å². The maximum Gasteiger partial charge on any atom is 0.417 e. The molecule has 2 aromatic heterocycles. The van der Waals surface area contributed by atoms with Crippen LogP contribution in [0.1, 0.15) is 58.1 Å². The molecule has 1 aromatic carbocycles. The van der Waals surface area contributed by atoms with Crippen LogP contribution in [0.3, 0.4) is 0 Å². The Morgan fingerprint density at radius 2 is 1.82 bits per heavy atom. The van der Waals surface area contributed by atoms with Gasteiger partial charge in [0.2, 0.25) is 5.82 Å². The molecule has 0 bridgehead atoms. The van der Waals surface area contributed by atoms with Crippen LogP contribution in [0.4, 0.5) is 22.0 Å². The molecule has 0 radical (unpaired) electrons. The molecule has 202 valence electrons. The van der Waals surface area contributed by atoms with Crippen molar-refractivity contribution in [2.24, 2.45) is 17.4 Å². The van der Waals surface area contributed by atoms with Crippen LogP contribution in [0.15, 0.2) is 29.1 Å². The first-order chi connectivity index (χ1) is 17.6. The quantitative estimate of drug-likeness (QED) is 0.423. The highest BCUT2D eigenvalue weighted by molar-refractivity contribution is 6.06. The summed E-state index contributed by atoms with van der Waals surface area (Å²) >= 11 is 0. The van der Waals surface area contributed by atoms with Crippen molar-refractivity contribution in [2.45, 2.75) is 37.6 Å². The number of nitrogens with two attached hydrogens (primary N) is 2. The minimum absolute atomic E-state index is 0.136. The van der Waals surface area contributed by atoms with E-state index in [1.54, 1.807) is 0 Å². The van der Waals surface area contributed by atoms with Crippen molar-refractivity contribution >= 4 is 22.7 Å². The molecule has 4 atom stereocenters. The standard InChI is InChI=1S/C24H21F5N4O5/c1-8-15(9-4-5-10(25)17(26)19(9)37-3)20(38-23(8,2)24(27,28)29)12-7-14(34)16-11(32-12)6-13(21(30)35)33-18(16)22(31)36/h4-8,15,20H,1-3H3,(H2,30,35)(H2,31,36)(H,32,34)/t8-,15-,20-,23+/m0/s1. The fraction of sp³-hybridized carbons (Fsp3) is 0.333. The van der Waals surface area contributed by atoms with Gasteiger partial charge >= 0.3 is 6.18 Å². The van der Waals surface area contributed by atoms with Crippen LogP contribution in [0, 0.1) is 17.6 Å². The molecule has 14 heteroatoms. The zero-order valence-electron chi connectivity index (χ0n) is 20.1. The number of pyridine rings is 2. The molecule has 38 heavy (non-hydrogen) atoms. The molecule has 0 spiro atoms. The number of carbonyl (C=O) groups excluding carboxylic acids is 2. The monoisotopic (exact) mass is 540 g/mol. The second kappa shape index (κ2) is 9.04. The lowest BCUT2D eigenvalue weighted by Gasteiger charge is -2.32. The number of aromatic nitrogens is 2. The lowest BCUT2D eigenvalue weighted by atomic mass is 9.76. The molecule has 1 fully saturated rings. The Morgan fingerprint density at radius 1 is 1.16 bits per heavy atom. The Labute approximate surface area is 210 Å². The topological polar surface area (TPSA) is 150 Å².